The highest BCUT2D eigenvalue weighted by atomic mass is 35.5. The molecule has 4 unspecified atom stereocenters. The quantitative estimate of drug-likeness (QED) is 0.790. The highest BCUT2D eigenvalue weighted by Gasteiger charge is 2.41. The molecule has 126 valence electrons. The molecule has 1 aromatic carbocycles. The second kappa shape index (κ2) is 5.83. The molecule has 3 heterocycles. The first-order valence-electron chi connectivity index (χ1n) is 8.62. The maximum Gasteiger partial charge on any atom is 0.231 e. The summed E-state index contributed by atoms with van der Waals surface area (Å²) in [6.45, 7) is 2.71. The van der Waals surface area contributed by atoms with E-state index in [0.717, 1.165) is 43.2 Å². The predicted molar refractivity (Wildman–Crippen MR) is 89.3 cm³/mol. The molecular formula is C18H24ClNO3. The summed E-state index contributed by atoms with van der Waals surface area (Å²) in [6.07, 6.45) is 5.41. The van der Waals surface area contributed by atoms with Crippen molar-refractivity contribution in [2.24, 2.45) is 11.8 Å². The number of aliphatic hydroxyl groups is 1. The Morgan fingerprint density at radius 3 is 2.74 bits per heavy atom. The van der Waals surface area contributed by atoms with Crippen molar-refractivity contribution >= 4 is 12.4 Å². The van der Waals surface area contributed by atoms with Crippen LogP contribution >= 0.6 is 12.4 Å². The fourth-order valence-electron chi connectivity index (χ4n) is 5.06. The molecule has 1 N–H and O–H groups in total. The topological polar surface area (TPSA) is 41.9 Å². The van der Waals surface area contributed by atoms with E-state index < -0.39 is 0 Å². The van der Waals surface area contributed by atoms with Crippen LogP contribution in [0.1, 0.15) is 42.9 Å². The molecule has 4 nitrogen and oxygen atoms in total. The van der Waals surface area contributed by atoms with Crippen molar-refractivity contribution in [3.05, 3.63) is 23.3 Å². The molecule has 3 aliphatic heterocycles. The summed E-state index contributed by atoms with van der Waals surface area (Å²) in [7, 11) is 0. The molecule has 1 saturated heterocycles. The van der Waals surface area contributed by atoms with Crippen LogP contribution in [0.25, 0.3) is 0 Å². The molecule has 0 aromatic heterocycles. The van der Waals surface area contributed by atoms with E-state index in [-0.39, 0.29) is 18.5 Å². The number of benzene rings is 1. The minimum Gasteiger partial charge on any atom is -0.454 e. The lowest BCUT2D eigenvalue weighted by Gasteiger charge is -2.49. The average molecular weight is 338 g/mol. The first kappa shape index (κ1) is 15.6. The monoisotopic (exact) mass is 337 g/mol. The van der Waals surface area contributed by atoms with Crippen molar-refractivity contribution in [1.29, 1.82) is 0 Å². The molecule has 0 spiro atoms. The summed E-state index contributed by atoms with van der Waals surface area (Å²) in [5.74, 6) is 3.29. The van der Waals surface area contributed by atoms with Gasteiger partial charge in [0, 0.05) is 19.1 Å². The van der Waals surface area contributed by atoms with Crippen molar-refractivity contribution in [3.8, 4) is 11.5 Å². The van der Waals surface area contributed by atoms with E-state index in [1.165, 1.54) is 30.5 Å². The zero-order valence-corrected chi connectivity index (χ0v) is 14.1. The van der Waals surface area contributed by atoms with Gasteiger partial charge in [-0.15, -0.1) is 12.4 Å². The fourth-order valence-corrected chi connectivity index (χ4v) is 5.06. The summed E-state index contributed by atoms with van der Waals surface area (Å²) < 4.78 is 11.1. The normalized spacial score (nSPS) is 34.8. The minimum atomic E-state index is -0.0763. The second-order valence-corrected chi connectivity index (χ2v) is 7.39. The number of nitrogens with zero attached hydrogens (tertiary/aromatic N) is 1. The first-order chi connectivity index (χ1) is 10.8. The summed E-state index contributed by atoms with van der Waals surface area (Å²) in [5.41, 5.74) is 2.87. The van der Waals surface area contributed by atoms with Gasteiger partial charge >= 0.3 is 0 Å². The minimum absolute atomic E-state index is 0. The lowest BCUT2D eigenvalue weighted by Crippen LogP contribution is -2.48. The maximum absolute atomic E-state index is 10.0. The van der Waals surface area contributed by atoms with E-state index in [2.05, 4.69) is 17.0 Å². The molecule has 2 fully saturated rings. The Morgan fingerprint density at radius 1 is 1.04 bits per heavy atom. The van der Waals surface area contributed by atoms with Gasteiger partial charge < -0.3 is 14.6 Å². The van der Waals surface area contributed by atoms with E-state index in [9.17, 15) is 5.11 Å². The third-order valence-corrected chi connectivity index (χ3v) is 6.21. The number of aliphatic hydroxyl groups excluding tert-OH is 1. The van der Waals surface area contributed by atoms with Gasteiger partial charge in [-0.05, 0) is 67.2 Å². The van der Waals surface area contributed by atoms with Crippen LogP contribution in [0.4, 0.5) is 0 Å². The van der Waals surface area contributed by atoms with E-state index in [0.29, 0.717) is 18.8 Å². The van der Waals surface area contributed by atoms with Crippen LogP contribution in [0.15, 0.2) is 12.1 Å². The lowest BCUT2D eigenvalue weighted by molar-refractivity contribution is -0.00983. The van der Waals surface area contributed by atoms with Crippen LogP contribution in [0.3, 0.4) is 0 Å². The standard InChI is InChI=1S/C18H23NO3.ClH/c20-14-2-1-12-9-19-4-3-11-7-17-18(22-10-21-17)8-15(11)16(19)6-13(12)5-14;/h7-8,12-14,16,20H,1-6,9-10H2;1H. The lowest BCUT2D eigenvalue weighted by atomic mass is 9.69. The molecular weight excluding hydrogens is 314 g/mol. The smallest absolute Gasteiger partial charge is 0.231 e. The van der Waals surface area contributed by atoms with Crippen LogP contribution in [0.5, 0.6) is 11.5 Å². The van der Waals surface area contributed by atoms with Gasteiger partial charge in [0.05, 0.1) is 6.10 Å². The van der Waals surface area contributed by atoms with Gasteiger partial charge in [0.25, 0.3) is 0 Å². The zero-order chi connectivity index (χ0) is 14.7. The number of rotatable bonds is 0. The van der Waals surface area contributed by atoms with Crippen molar-refractivity contribution in [2.45, 2.75) is 44.2 Å². The SMILES string of the molecule is Cl.OC1CCC2CN3CCc4cc5c(cc4C3CC2C1)OCO5. The molecule has 0 amide bonds. The molecule has 0 bridgehead atoms. The van der Waals surface area contributed by atoms with Gasteiger partial charge in [0.1, 0.15) is 0 Å². The van der Waals surface area contributed by atoms with Crippen LogP contribution in [0, 0.1) is 11.8 Å². The van der Waals surface area contributed by atoms with E-state index in [1.54, 1.807) is 0 Å². The molecule has 23 heavy (non-hydrogen) atoms. The maximum atomic E-state index is 10.0. The van der Waals surface area contributed by atoms with Gasteiger partial charge in [0.15, 0.2) is 11.5 Å². The Bertz CT molecular complexity index is 608. The van der Waals surface area contributed by atoms with Crippen molar-refractivity contribution in [3.63, 3.8) is 0 Å². The summed E-state index contributed by atoms with van der Waals surface area (Å²) in [6, 6.07) is 4.91. The van der Waals surface area contributed by atoms with Crippen molar-refractivity contribution in [1.82, 2.24) is 4.90 Å². The number of hydrogen-bond acceptors (Lipinski definition) is 4. The van der Waals surface area contributed by atoms with Crippen LogP contribution in [-0.2, 0) is 6.42 Å². The highest BCUT2D eigenvalue weighted by Crippen LogP contribution is 2.48. The molecule has 5 rings (SSSR count). The Hall–Kier alpha value is -0.970. The molecule has 1 aliphatic carbocycles. The van der Waals surface area contributed by atoms with Gasteiger partial charge in [-0.2, -0.15) is 0 Å². The Labute approximate surface area is 143 Å². The average Bonchev–Trinajstić information content (AvgIpc) is 2.98. The molecule has 0 radical (unpaired) electrons. The third kappa shape index (κ3) is 2.51. The number of halogens is 1. The van der Waals surface area contributed by atoms with Crippen molar-refractivity contribution < 1.29 is 14.6 Å². The van der Waals surface area contributed by atoms with Crippen LogP contribution in [-0.4, -0.2) is 36.0 Å². The van der Waals surface area contributed by atoms with E-state index in [1.807, 2.05) is 0 Å². The van der Waals surface area contributed by atoms with Gasteiger partial charge in [-0.25, -0.2) is 0 Å². The van der Waals surface area contributed by atoms with Gasteiger partial charge in [-0.3, -0.25) is 4.90 Å². The molecule has 1 aromatic rings. The largest absolute Gasteiger partial charge is 0.454 e. The van der Waals surface area contributed by atoms with Crippen LogP contribution < -0.4 is 9.47 Å². The molecule has 5 heteroatoms. The van der Waals surface area contributed by atoms with Gasteiger partial charge in [-0.1, -0.05) is 0 Å². The van der Waals surface area contributed by atoms with E-state index >= 15 is 0 Å². The van der Waals surface area contributed by atoms with Gasteiger partial charge in [0.2, 0.25) is 6.79 Å². The fraction of sp³-hybridized carbons (Fsp3) is 0.667. The first-order valence-corrected chi connectivity index (χ1v) is 8.62. The Kier molecular flexibility index (Phi) is 3.94. The zero-order valence-electron chi connectivity index (χ0n) is 13.2. The Morgan fingerprint density at radius 2 is 1.87 bits per heavy atom. The second-order valence-electron chi connectivity index (χ2n) is 7.39. The molecule has 4 atom stereocenters. The number of ether oxygens (including phenoxy) is 2. The van der Waals surface area contributed by atoms with Crippen molar-refractivity contribution in [2.75, 3.05) is 19.9 Å². The predicted octanol–water partition coefficient (Wildman–Crippen LogP) is 2.92. The Balaban J connectivity index is 0.00000135. The number of piperidine rings is 1. The third-order valence-electron chi connectivity index (χ3n) is 6.21. The van der Waals surface area contributed by atoms with Crippen LogP contribution in [0.2, 0.25) is 0 Å². The summed E-state index contributed by atoms with van der Waals surface area (Å²) in [5, 5.41) is 10.0. The summed E-state index contributed by atoms with van der Waals surface area (Å²) in [4.78, 5) is 2.67. The number of hydrogen-bond donors (Lipinski definition) is 1. The molecule has 1 saturated carbocycles. The summed E-state index contributed by atoms with van der Waals surface area (Å²) >= 11 is 0. The molecule has 4 aliphatic rings. The number of fused-ring (bicyclic) bond motifs is 5. The van der Waals surface area contributed by atoms with E-state index in [4.69, 9.17) is 9.47 Å². The highest BCUT2D eigenvalue weighted by molar-refractivity contribution is 5.85.